The first-order chi connectivity index (χ1) is 14.6. The van der Waals surface area contributed by atoms with E-state index in [1.165, 1.54) is 57.8 Å². The lowest BCUT2D eigenvalue weighted by molar-refractivity contribution is -0.116. The summed E-state index contributed by atoms with van der Waals surface area (Å²) in [5.41, 5.74) is 4.90. The van der Waals surface area contributed by atoms with E-state index < -0.39 is 0 Å². The molecular formula is C24H38N4O2. The van der Waals surface area contributed by atoms with Gasteiger partial charge in [0.25, 0.3) is 0 Å². The number of benzene rings is 1. The van der Waals surface area contributed by atoms with Crippen molar-refractivity contribution >= 4 is 23.3 Å². The van der Waals surface area contributed by atoms with Crippen LogP contribution in [-0.4, -0.2) is 23.7 Å². The average molecular weight is 415 g/mol. The summed E-state index contributed by atoms with van der Waals surface area (Å²) in [6, 6.07) is 7.12. The average Bonchev–Trinajstić information content (AvgIpc) is 2.73. The fourth-order valence-corrected chi connectivity index (χ4v) is 3.72. The molecule has 1 aromatic rings. The second-order valence-electron chi connectivity index (χ2n) is 8.22. The van der Waals surface area contributed by atoms with Gasteiger partial charge < -0.3 is 10.6 Å². The SMILES string of the molecule is CCCCCCCCCCCCCC(=O)Nc1ccc(C2=NNC(=O)NC2C)cc1. The predicted molar refractivity (Wildman–Crippen MR) is 124 cm³/mol. The fourth-order valence-electron chi connectivity index (χ4n) is 3.72. The minimum absolute atomic E-state index is 0.0657. The predicted octanol–water partition coefficient (Wildman–Crippen LogP) is 5.73. The molecule has 0 saturated carbocycles. The van der Waals surface area contributed by atoms with Gasteiger partial charge in [-0.3, -0.25) is 4.79 Å². The zero-order valence-electron chi connectivity index (χ0n) is 18.6. The Kier molecular flexibility index (Phi) is 11.0. The second kappa shape index (κ2) is 13.8. The number of nitrogens with zero attached hydrogens (tertiary/aromatic N) is 1. The normalized spacial score (nSPS) is 15.9. The molecule has 1 aliphatic heterocycles. The Balaban J connectivity index is 1.57. The van der Waals surface area contributed by atoms with E-state index >= 15 is 0 Å². The number of nitrogens with one attached hydrogen (secondary N) is 3. The van der Waals surface area contributed by atoms with Crippen molar-refractivity contribution in [2.75, 3.05) is 5.32 Å². The summed E-state index contributed by atoms with van der Waals surface area (Å²) < 4.78 is 0. The molecule has 30 heavy (non-hydrogen) atoms. The molecule has 0 fully saturated rings. The zero-order valence-corrected chi connectivity index (χ0v) is 18.6. The molecule has 6 nitrogen and oxygen atoms in total. The number of rotatable bonds is 14. The molecule has 0 aromatic heterocycles. The molecule has 1 aliphatic rings. The van der Waals surface area contributed by atoms with Crippen LogP contribution < -0.4 is 16.1 Å². The number of carbonyl (C=O) groups is 2. The maximum Gasteiger partial charge on any atom is 0.335 e. The van der Waals surface area contributed by atoms with Crippen LogP contribution in [0.15, 0.2) is 29.4 Å². The molecule has 0 radical (unpaired) electrons. The highest BCUT2D eigenvalue weighted by Gasteiger charge is 2.20. The van der Waals surface area contributed by atoms with Crippen LogP contribution in [0.3, 0.4) is 0 Å². The van der Waals surface area contributed by atoms with E-state index in [0.29, 0.717) is 6.42 Å². The Morgan fingerprint density at radius 3 is 2.07 bits per heavy atom. The van der Waals surface area contributed by atoms with Gasteiger partial charge in [-0.2, -0.15) is 5.10 Å². The number of hydrazone groups is 1. The van der Waals surface area contributed by atoms with Crippen molar-refractivity contribution in [2.24, 2.45) is 5.10 Å². The van der Waals surface area contributed by atoms with E-state index in [1.54, 1.807) is 0 Å². The van der Waals surface area contributed by atoms with Crippen LogP contribution in [0.4, 0.5) is 10.5 Å². The molecule has 1 unspecified atom stereocenters. The first kappa shape index (κ1) is 23.9. The van der Waals surface area contributed by atoms with Crippen molar-refractivity contribution < 1.29 is 9.59 Å². The summed E-state index contributed by atoms with van der Waals surface area (Å²) in [5.74, 6) is 0.0657. The Hall–Kier alpha value is -2.37. The van der Waals surface area contributed by atoms with Gasteiger partial charge in [-0.1, -0.05) is 83.3 Å². The van der Waals surface area contributed by atoms with Crippen molar-refractivity contribution in [1.82, 2.24) is 10.7 Å². The highest BCUT2D eigenvalue weighted by Crippen LogP contribution is 2.15. The molecule has 1 atom stereocenters. The quantitative estimate of drug-likeness (QED) is 0.340. The molecule has 2 rings (SSSR count). The number of urea groups is 1. The van der Waals surface area contributed by atoms with Crippen LogP contribution in [0.2, 0.25) is 0 Å². The first-order valence-corrected chi connectivity index (χ1v) is 11.6. The minimum atomic E-state index is -0.294. The van der Waals surface area contributed by atoms with Crippen molar-refractivity contribution in [2.45, 2.75) is 96.9 Å². The third kappa shape index (κ3) is 8.97. The summed E-state index contributed by atoms with van der Waals surface area (Å²) in [6.07, 6.45) is 14.7. The number of hydrogen-bond donors (Lipinski definition) is 3. The summed E-state index contributed by atoms with van der Waals surface area (Å²) in [6.45, 7) is 4.14. The van der Waals surface area contributed by atoms with Crippen LogP contribution >= 0.6 is 0 Å². The molecule has 0 spiro atoms. The summed E-state index contributed by atoms with van der Waals surface area (Å²) in [7, 11) is 0. The molecule has 0 saturated heterocycles. The van der Waals surface area contributed by atoms with E-state index in [-0.39, 0.29) is 18.0 Å². The van der Waals surface area contributed by atoms with E-state index in [9.17, 15) is 9.59 Å². The van der Waals surface area contributed by atoms with Gasteiger partial charge in [0.15, 0.2) is 0 Å². The van der Waals surface area contributed by atoms with Crippen LogP contribution in [0.5, 0.6) is 0 Å². The number of amides is 3. The topological polar surface area (TPSA) is 82.6 Å². The van der Waals surface area contributed by atoms with Gasteiger partial charge in [-0.15, -0.1) is 0 Å². The standard InChI is InChI=1S/C24H38N4O2/c1-3-4-5-6-7-8-9-10-11-12-13-14-22(29)26-21-17-15-20(16-18-21)23-19(2)25-24(30)28-27-23/h15-19H,3-14H2,1-2H3,(H,26,29)(H2,25,28,30). The largest absolute Gasteiger partial charge is 0.335 e. The first-order valence-electron chi connectivity index (χ1n) is 11.6. The monoisotopic (exact) mass is 414 g/mol. The summed E-state index contributed by atoms with van der Waals surface area (Å²) in [5, 5.41) is 9.85. The molecule has 3 amide bonds. The van der Waals surface area contributed by atoms with Crippen molar-refractivity contribution in [3.8, 4) is 0 Å². The third-order valence-corrected chi connectivity index (χ3v) is 5.51. The highest BCUT2D eigenvalue weighted by atomic mass is 16.2. The summed E-state index contributed by atoms with van der Waals surface area (Å²) in [4.78, 5) is 23.4. The summed E-state index contributed by atoms with van der Waals surface area (Å²) >= 11 is 0. The fraction of sp³-hybridized carbons (Fsp3) is 0.625. The highest BCUT2D eigenvalue weighted by molar-refractivity contribution is 6.07. The van der Waals surface area contributed by atoms with E-state index in [2.05, 4.69) is 28.1 Å². The van der Waals surface area contributed by atoms with Crippen molar-refractivity contribution in [1.29, 1.82) is 0 Å². The lowest BCUT2D eigenvalue weighted by Crippen LogP contribution is -2.48. The van der Waals surface area contributed by atoms with Crippen LogP contribution in [0.25, 0.3) is 0 Å². The molecule has 6 heteroatoms. The number of anilines is 1. The lowest BCUT2D eigenvalue weighted by atomic mass is 10.0. The van der Waals surface area contributed by atoms with Gasteiger partial charge in [0.05, 0.1) is 11.8 Å². The zero-order chi connectivity index (χ0) is 21.6. The van der Waals surface area contributed by atoms with Crippen LogP contribution in [0, 0.1) is 0 Å². The van der Waals surface area contributed by atoms with Crippen molar-refractivity contribution in [3.05, 3.63) is 29.8 Å². The number of unbranched alkanes of at least 4 members (excludes halogenated alkanes) is 10. The molecule has 1 heterocycles. The van der Waals surface area contributed by atoms with Gasteiger partial charge in [0, 0.05) is 17.7 Å². The maximum absolute atomic E-state index is 12.2. The smallest absolute Gasteiger partial charge is 0.328 e. The van der Waals surface area contributed by atoms with Gasteiger partial charge >= 0.3 is 6.03 Å². The molecule has 166 valence electrons. The van der Waals surface area contributed by atoms with Gasteiger partial charge in [0.2, 0.25) is 5.91 Å². The van der Waals surface area contributed by atoms with Gasteiger partial charge in [0.1, 0.15) is 0 Å². The van der Waals surface area contributed by atoms with Gasteiger partial charge in [-0.25, -0.2) is 10.2 Å². The van der Waals surface area contributed by atoms with Crippen LogP contribution in [0.1, 0.15) is 96.5 Å². The third-order valence-electron chi connectivity index (χ3n) is 5.51. The minimum Gasteiger partial charge on any atom is -0.328 e. The Labute approximate surface area is 181 Å². The molecule has 3 N–H and O–H groups in total. The Morgan fingerprint density at radius 2 is 1.50 bits per heavy atom. The van der Waals surface area contributed by atoms with E-state index in [4.69, 9.17) is 0 Å². The molecule has 0 bridgehead atoms. The molecule has 1 aromatic carbocycles. The van der Waals surface area contributed by atoms with Crippen LogP contribution in [-0.2, 0) is 4.79 Å². The maximum atomic E-state index is 12.2. The van der Waals surface area contributed by atoms with Crippen molar-refractivity contribution in [3.63, 3.8) is 0 Å². The lowest BCUT2D eigenvalue weighted by Gasteiger charge is -2.21. The second-order valence-corrected chi connectivity index (χ2v) is 8.22. The van der Waals surface area contributed by atoms with E-state index in [0.717, 1.165) is 29.8 Å². The Morgan fingerprint density at radius 1 is 0.933 bits per heavy atom. The number of carbonyl (C=O) groups excluding carboxylic acids is 2. The van der Waals surface area contributed by atoms with E-state index in [1.807, 2.05) is 31.2 Å². The Bertz CT molecular complexity index is 685. The van der Waals surface area contributed by atoms with Gasteiger partial charge in [-0.05, 0) is 25.5 Å². The molecular weight excluding hydrogens is 376 g/mol. The number of hydrogen-bond acceptors (Lipinski definition) is 3. The molecule has 0 aliphatic carbocycles.